The van der Waals surface area contributed by atoms with E-state index in [1.807, 2.05) is 0 Å². The molecule has 0 spiro atoms. The smallest absolute Gasteiger partial charge is 0.258 e. The molecule has 0 bridgehead atoms. The SMILES string of the molecule is CSc1ccc(CCC#Cc2cc3c(=O)[nH]cnc3cn2)cc1. The Hall–Kier alpha value is -2.58. The standard InChI is InChI=1S/C18H15N3OS/c1-23-15-8-6-13(7-9-15)4-2-3-5-14-10-16-17(11-19-14)20-12-21-18(16)22/h6-12H,2,4H2,1H3,(H,20,21,22). The zero-order chi connectivity index (χ0) is 16.1. The molecule has 0 saturated carbocycles. The number of rotatable bonds is 3. The minimum atomic E-state index is -0.172. The Kier molecular flexibility index (Phi) is 4.74. The van der Waals surface area contributed by atoms with Crippen LogP contribution in [-0.2, 0) is 6.42 Å². The number of hydrogen-bond donors (Lipinski definition) is 1. The van der Waals surface area contributed by atoms with Gasteiger partial charge in [0.2, 0.25) is 0 Å². The number of pyridine rings is 1. The second-order valence-electron chi connectivity index (χ2n) is 4.97. The third-order valence-corrected chi connectivity index (χ3v) is 4.18. The molecule has 0 unspecified atom stereocenters. The summed E-state index contributed by atoms with van der Waals surface area (Å²) in [7, 11) is 0. The van der Waals surface area contributed by atoms with Gasteiger partial charge in [0.25, 0.3) is 5.56 Å². The topological polar surface area (TPSA) is 58.6 Å². The molecule has 0 fully saturated rings. The monoisotopic (exact) mass is 321 g/mol. The molecule has 2 heterocycles. The third kappa shape index (κ3) is 3.79. The highest BCUT2D eigenvalue weighted by Gasteiger charge is 2.00. The van der Waals surface area contributed by atoms with E-state index in [9.17, 15) is 4.79 Å². The number of fused-ring (bicyclic) bond motifs is 1. The predicted octanol–water partition coefficient (Wildman–Crippen LogP) is 3.02. The van der Waals surface area contributed by atoms with Crippen molar-refractivity contribution in [1.29, 1.82) is 0 Å². The van der Waals surface area contributed by atoms with Crippen LogP contribution in [0.4, 0.5) is 0 Å². The minimum Gasteiger partial charge on any atom is -0.313 e. The number of nitrogens with zero attached hydrogens (tertiary/aromatic N) is 2. The molecule has 2 aromatic heterocycles. The molecule has 0 saturated heterocycles. The second kappa shape index (κ2) is 7.12. The molecular weight excluding hydrogens is 306 g/mol. The largest absolute Gasteiger partial charge is 0.313 e. The fraction of sp³-hybridized carbons (Fsp3) is 0.167. The fourth-order valence-corrected chi connectivity index (χ4v) is 2.60. The first kappa shape index (κ1) is 15.3. The highest BCUT2D eigenvalue weighted by Crippen LogP contribution is 2.15. The molecule has 23 heavy (non-hydrogen) atoms. The molecule has 3 rings (SSSR count). The number of H-pyrrole nitrogens is 1. The molecule has 4 nitrogen and oxygen atoms in total. The average Bonchev–Trinajstić information content (AvgIpc) is 2.60. The quantitative estimate of drug-likeness (QED) is 0.595. The number of aryl methyl sites for hydroxylation is 1. The molecule has 1 N–H and O–H groups in total. The summed E-state index contributed by atoms with van der Waals surface area (Å²) >= 11 is 1.74. The molecule has 1 aromatic carbocycles. The highest BCUT2D eigenvalue weighted by atomic mass is 32.2. The van der Waals surface area contributed by atoms with E-state index < -0.39 is 0 Å². The van der Waals surface area contributed by atoms with Crippen molar-refractivity contribution in [3.05, 3.63) is 64.5 Å². The number of thioether (sulfide) groups is 1. The van der Waals surface area contributed by atoms with Crippen molar-refractivity contribution in [2.45, 2.75) is 17.7 Å². The van der Waals surface area contributed by atoms with Gasteiger partial charge in [0, 0.05) is 11.3 Å². The van der Waals surface area contributed by atoms with Crippen molar-refractivity contribution in [3.8, 4) is 11.8 Å². The fourth-order valence-electron chi connectivity index (χ4n) is 2.19. The van der Waals surface area contributed by atoms with Crippen molar-refractivity contribution in [3.63, 3.8) is 0 Å². The van der Waals surface area contributed by atoms with Crippen LogP contribution in [0.2, 0.25) is 0 Å². The molecule has 5 heteroatoms. The van der Waals surface area contributed by atoms with Gasteiger partial charge in [-0.25, -0.2) is 9.97 Å². The van der Waals surface area contributed by atoms with Gasteiger partial charge in [-0.3, -0.25) is 4.79 Å². The van der Waals surface area contributed by atoms with Gasteiger partial charge in [-0.05, 0) is 42.4 Å². The first-order valence-electron chi connectivity index (χ1n) is 7.21. The summed E-state index contributed by atoms with van der Waals surface area (Å²) in [5.74, 6) is 6.12. The summed E-state index contributed by atoms with van der Waals surface area (Å²) in [4.78, 5) is 23.8. The van der Waals surface area contributed by atoms with Crippen LogP contribution in [0.15, 0.2) is 52.5 Å². The van der Waals surface area contributed by atoms with E-state index in [4.69, 9.17) is 0 Å². The van der Waals surface area contributed by atoms with E-state index in [-0.39, 0.29) is 5.56 Å². The van der Waals surface area contributed by atoms with Crippen LogP contribution in [-0.4, -0.2) is 21.2 Å². The number of hydrogen-bond acceptors (Lipinski definition) is 4. The van der Waals surface area contributed by atoms with Crippen molar-refractivity contribution in [1.82, 2.24) is 15.0 Å². The molecule has 3 aromatic rings. The van der Waals surface area contributed by atoms with E-state index in [0.717, 1.165) is 12.8 Å². The Labute approximate surface area is 138 Å². The van der Waals surface area contributed by atoms with Crippen molar-refractivity contribution in [2.24, 2.45) is 0 Å². The first-order chi connectivity index (χ1) is 11.3. The lowest BCUT2D eigenvalue weighted by Crippen LogP contribution is -2.06. The maximum absolute atomic E-state index is 11.7. The zero-order valence-electron chi connectivity index (χ0n) is 12.7. The van der Waals surface area contributed by atoms with Crippen molar-refractivity contribution < 1.29 is 0 Å². The molecule has 0 radical (unpaired) electrons. The lowest BCUT2D eigenvalue weighted by atomic mass is 10.1. The molecule has 0 aliphatic heterocycles. The summed E-state index contributed by atoms with van der Waals surface area (Å²) < 4.78 is 0. The van der Waals surface area contributed by atoms with Crippen LogP contribution in [0.5, 0.6) is 0 Å². The predicted molar refractivity (Wildman–Crippen MR) is 93.6 cm³/mol. The highest BCUT2D eigenvalue weighted by molar-refractivity contribution is 7.98. The first-order valence-corrected chi connectivity index (χ1v) is 8.44. The van der Waals surface area contributed by atoms with E-state index in [1.54, 1.807) is 24.0 Å². The number of nitrogens with one attached hydrogen (secondary N) is 1. The van der Waals surface area contributed by atoms with Gasteiger partial charge in [0.15, 0.2) is 0 Å². The van der Waals surface area contributed by atoms with E-state index in [2.05, 4.69) is 57.3 Å². The normalized spacial score (nSPS) is 10.3. The number of benzene rings is 1. The molecule has 114 valence electrons. The summed E-state index contributed by atoms with van der Waals surface area (Å²) in [5.41, 5.74) is 2.26. The van der Waals surface area contributed by atoms with E-state index >= 15 is 0 Å². The molecule has 0 aliphatic carbocycles. The average molecular weight is 321 g/mol. The van der Waals surface area contributed by atoms with Gasteiger partial charge in [0.1, 0.15) is 5.69 Å². The molecule has 0 amide bonds. The Balaban J connectivity index is 1.69. The Morgan fingerprint density at radius 1 is 1.22 bits per heavy atom. The van der Waals surface area contributed by atoms with Crippen molar-refractivity contribution in [2.75, 3.05) is 6.26 Å². The Morgan fingerprint density at radius 2 is 2.04 bits per heavy atom. The summed E-state index contributed by atoms with van der Waals surface area (Å²) in [5, 5.41) is 0.513. The van der Waals surface area contributed by atoms with Crippen LogP contribution >= 0.6 is 11.8 Å². The number of aromatic amines is 1. The van der Waals surface area contributed by atoms with Crippen LogP contribution in [0, 0.1) is 11.8 Å². The summed E-state index contributed by atoms with van der Waals surface area (Å²) in [6.07, 6.45) is 6.67. The lowest BCUT2D eigenvalue weighted by molar-refractivity contribution is 1.02. The van der Waals surface area contributed by atoms with E-state index in [0.29, 0.717) is 16.6 Å². The minimum absolute atomic E-state index is 0.172. The summed E-state index contributed by atoms with van der Waals surface area (Å²) in [6.45, 7) is 0. The van der Waals surface area contributed by atoms with Crippen molar-refractivity contribution >= 4 is 22.7 Å². The molecule has 0 aliphatic rings. The maximum atomic E-state index is 11.7. The zero-order valence-corrected chi connectivity index (χ0v) is 13.5. The Morgan fingerprint density at radius 3 is 2.83 bits per heavy atom. The summed E-state index contributed by atoms with van der Waals surface area (Å²) in [6, 6.07) is 10.2. The van der Waals surface area contributed by atoms with Gasteiger partial charge in [0.05, 0.1) is 23.4 Å². The Bertz CT molecular complexity index is 936. The van der Waals surface area contributed by atoms with Gasteiger partial charge in [-0.15, -0.1) is 11.8 Å². The van der Waals surface area contributed by atoms with Crippen LogP contribution in [0.25, 0.3) is 10.9 Å². The molecular formula is C18H15N3OS. The second-order valence-corrected chi connectivity index (χ2v) is 5.85. The van der Waals surface area contributed by atoms with Gasteiger partial charge in [-0.2, -0.15) is 0 Å². The lowest BCUT2D eigenvalue weighted by Gasteiger charge is -1.99. The van der Waals surface area contributed by atoms with Crippen LogP contribution in [0.3, 0.4) is 0 Å². The van der Waals surface area contributed by atoms with Gasteiger partial charge in [-0.1, -0.05) is 18.1 Å². The van der Waals surface area contributed by atoms with E-state index in [1.165, 1.54) is 16.8 Å². The third-order valence-electron chi connectivity index (χ3n) is 3.44. The number of aromatic nitrogens is 3. The van der Waals surface area contributed by atoms with Crippen LogP contribution in [0.1, 0.15) is 17.7 Å². The maximum Gasteiger partial charge on any atom is 0.258 e. The van der Waals surface area contributed by atoms with Gasteiger partial charge < -0.3 is 4.98 Å². The van der Waals surface area contributed by atoms with Gasteiger partial charge >= 0.3 is 0 Å². The molecule has 0 atom stereocenters. The van der Waals surface area contributed by atoms with Crippen LogP contribution < -0.4 is 5.56 Å².